The number of benzene rings is 1. The van der Waals surface area contributed by atoms with Gasteiger partial charge in [0.25, 0.3) is 5.91 Å². The summed E-state index contributed by atoms with van der Waals surface area (Å²) in [4.78, 5) is 25.7. The van der Waals surface area contributed by atoms with E-state index >= 15 is 0 Å². The predicted molar refractivity (Wildman–Crippen MR) is 81.2 cm³/mol. The number of amides is 1. The zero-order valence-electron chi connectivity index (χ0n) is 12.0. The summed E-state index contributed by atoms with van der Waals surface area (Å²) < 4.78 is 5.06. The van der Waals surface area contributed by atoms with Crippen molar-refractivity contribution in [1.82, 2.24) is 4.90 Å². The largest absolute Gasteiger partial charge is 0.452 e. The van der Waals surface area contributed by atoms with E-state index in [4.69, 9.17) is 22.1 Å². The van der Waals surface area contributed by atoms with Crippen LogP contribution < -0.4 is 5.73 Å². The van der Waals surface area contributed by atoms with Gasteiger partial charge in [-0.05, 0) is 44.4 Å². The number of hydrogen-bond acceptors (Lipinski definition) is 4. The Morgan fingerprint density at radius 2 is 2.19 bits per heavy atom. The molecule has 0 aromatic heterocycles. The highest BCUT2D eigenvalue weighted by Crippen LogP contribution is 2.20. The van der Waals surface area contributed by atoms with Crippen LogP contribution in [0.25, 0.3) is 0 Å². The number of rotatable bonds is 3. The fraction of sp³-hybridized carbons (Fsp3) is 0.467. The molecule has 0 unspecified atom stereocenters. The second-order valence-corrected chi connectivity index (χ2v) is 5.65. The second-order valence-electron chi connectivity index (χ2n) is 5.24. The molecule has 2 N–H and O–H groups in total. The number of likely N-dealkylation sites (tertiary alicyclic amines) is 1. The molecule has 0 aliphatic carbocycles. The molecule has 1 aromatic carbocycles. The molecule has 0 bridgehead atoms. The average molecular weight is 311 g/mol. The summed E-state index contributed by atoms with van der Waals surface area (Å²) in [5.74, 6) is -0.728. The second kappa shape index (κ2) is 6.80. The van der Waals surface area contributed by atoms with Gasteiger partial charge in [-0.25, -0.2) is 4.79 Å². The lowest BCUT2D eigenvalue weighted by molar-refractivity contribution is -0.137. The van der Waals surface area contributed by atoms with Crippen LogP contribution in [0.5, 0.6) is 0 Å². The summed E-state index contributed by atoms with van der Waals surface area (Å²) in [7, 11) is 0. The van der Waals surface area contributed by atoms with E-state index in [1.54, 1.807) is 4.90 Å². The molecular weight excluding hydrogens is 292 g/mol. The van der Waals surface area contributed by atoms with Crippen molar-refractivity contribution in [2.24, 2.45) is 0 Å². The number of ether oxygens (including phenoxy) is 1. The average Bonchev–Trinajstić information content (AvgIpc) is 2.47. The van der Waals surface area contributed by atoms with Gasteiger partial charge in [0.2, 0.25) is 0 Å². The Morgan fingerprint density at radius 3 is 2.86 bits per heavy atom. The van der Waals surface area contributed by atoms with Crippen molar-refractivity contribution < 1.29 is 14.3 Å². The van der Waals surface area contributed by atoms with Gasteiger partial charge in [-0.2, -0.15) is 0 Å². The molecule has 2 rings (SSSR count). The van der Waals surface area contributed by atoms with Crippen LogP contribution in [0.2, 0.25) is 5.02 Å². The summed E-state index contributed by atoms with van der Waals surface area (Å²) in [6, 6.07) is 4.70. The molecule has 1 aliphatic heterocycles. The molecule has 114 valence electrons. The molecule has 6 heteroatoms. The number of carbonyl (C=O) groups is 2. The summed E-state index contributed by atoms with van der Waals surface area (Å²) in [5.41, 5.74) is 6.23. The fourth-order valence-corrected chi connectivity index (χ4v) is 2.55. The van der Waals surface area contributed by atoms with E-state index < -0.39 is 5.97 Å². The highest BCUT2D eigenvalue weighted by atomic mass is 35.5. The summed E-state index contributed by atoms with van der Waals surface area (Å²) >= 11 is 5.79. The molecule has 1 atom stereocenters. The van der Waals surface area contributed by atoms with Gasteiger partial charge in [0, 0.05) is 12.6 Å². The van der Waals surface area contributed by atoms with Crippen molar-refractivity contribution in [2.45, 2.75) is 32.2 Å². The molecule has 0 spiro atoms. The number of carbonyl (C=O) groups excluding carboxylic acids is 2. The van der Waals surface area contributed by atoms with Gasteiger partial charge in [0.15, 0.2) is 6.61 Å². The van der Waals surface area contributed by atoms with E-state index in [0.717, 1.165) is 25.8 Å². The van der Waals surface area contributed by atoms with Crippen molar-refractivity contribution in [1.29, 1.82) is 0 Å². The number of halogens is 1. The highest BCUT2D eigenvalue weighted by Gasteiger charge is 2.24. The van der Waals surface area contributed by atoms with Crippen LogP contribution in [0.3, 0.4) is 0 Å². The molecule has 1 saturated heterocycles. The van der Waals surface area contributed by atoms with Crippen molar-refractivity contribution in [3.8, 4) is 0 Å². The Labute approximate surface area is 129 Å². The Hall–Kier alpha value is -1.75. The number of anilines is 1. The molecule has 1 aromatic rings. The minimum Gasteiger partial charge on any atom is -0.452 e. The molecule has 0 radical (unpaired) electrons. The summed E-state index contributed by atoms with van der Waals surface area (Å²) in [6.07, 6.45) is 3.12. The number of hydrogen-bond donors (Lipinski definition) is 1. The van der Waals surface area contributed by atoms with E-state index in [9.17, 15) is 9.59 Å². The summed E-state index contributed by atoms with van der Waals surface area (Å²) in [5, 5.41) is 0.379. The van der Waals surface area contributed by atoms with E-state index in [1.165, 1.54) is 18.2 Å². The minimum atomic E-state index is -0.573. The predicted octanol–water partition coefficient (Wildman–Crippen LogP) is 2.48. The maximum absolute atomic E-state index is 12.1. The number of nitrogens with zero attached hydrogens (tertiary/aromatic N) is 1. The minimum absolute atomic E-state index is 0.155. The third-order valence-corrected chi connectivity index (χ3v) is 4.03. The van der Waals surface area contributed by atoms with E-state index in [1.807, 2.05) is 6.92 Å². The Bertz CT molecular complexity index is 548. The maximum atomic E-state index is 12.1. The van der Waals surface area contributed by atoms with E-state index in [0.29, 0.717) is 10.7 Å². The van der Waals surface area contributed by atoms with Gasteiger partial charge in [0.05, 0.1) is 16.3 Å². The van der Waals surface area contributed by atoms with Crippen molar-refractivity contribution >= 4 is 29.2 Å². The first-order chi connectivity index (χ1) is 9.99. The maximum Gasteiger partial charge on any atom is 0.338 e. The molecule has 1 heterocycles. The first-order valence-corrected chi connectivity index (χ1v) is 7.38. The summed E-state index contributed by atoms with van der Waals surface area (Å²) in [6.45, 7) is 2.50. The van der Waals surface area contributed by atoms with Crippen molar-refractivity contribution in [3.63, 3.8) is 0 Å². The lowest BCUT2D eigenvalue weighted by atomic mass is 10.0. The van der Waals surface area contributed by atoms with Crippen LogP contribution in [0, 0.1) is 0 Å². The van der Waals surface area contributed by atoms with Crippen molar-refractivity contribution in [3.05, 3.63) is 28.8 Å². The van der Waals surface area contributed by atoms with Gasteiger partial charge >= 0.3 is 5.97 Å². The topological polar surface area (TPSA) is 72.6 Å². The first-order valence-electron chi connectivity index (χ1n) is 7.00. The van der Waals surface area contributed by atoms with Gasteiger partial charge in [-0.1, -0.05) is 11.6 Å². The van der Waals surface area contributed by atoms with Crippen LogP contribution >= 0.6 is 11.6 Å². The monoisotopic (exact) mass is 310 g/mol. The third-order valence-electron chi connectivity index (χ3n) is 3.68. The van der Waals surface area contributed by atoms with Crippen LogP contribution in [-0.2, 0) is 9.53 Å². The fourth-order valence-electron chi connectivity index (χ4n) is 2.43. The van der Waals surface area contributed by atoms with Gasteiger partial charge in [0.1, 0.15) is 0 Å². The Kier molecular flexibility index (Phi) is 5.07. The number of nitrogen functional groups attached to an aromatic ring is 1. The molecule has 1 fully saturated rings. The molecule has 5 nitrogen and oxygen atoms in total. The molecule has 21 heavy (non-hydrogen) atoms. The SMILES string of the molecule is C[C@H]1CCCCN1C(=O)COC(=O)c1ccc(Cl)c(N)c1. The third kappa shape index (κ3) is 3.88. The first kappa shape index (κ1) is 15.6. The lowest BCUT2D eigenvalue weighted by Gasteiger charge is -2.33. The number of nitrogens with two attached hydrogens (primary N) is 1. The van der Waals surface area contributed by atoms with Gasteiger partial charge in [-0.15, -0.1) is 0 Å². The lowest BCUT2D eigenvalue weighted by Crippen LogP contribution is -2.44. The quantitative estimate of drug-likeness (QED) is 0.687. The van der Waals surface area contributed by atoms with Crippen LogP contribution in [0.1, 0.15) is 36.5 Å². The smallest absolute Gasteiger partial charge is 0.338 e. The van der Waals surface area contributed by atoms with Crippen molar-refractivity contribution in [2.75, 3.05) is 18.9 Å². The molecule has 0 saturated carbocycles. The zero-order chi connectivity index (χ0) is 15.4. The van der Waals surface area contributed by atoms with Crippen LogP contribution in [0.15, 0.2) is 18.2 Å². The van der Waals surface area contributed by atoms with Crippen LogP contribution in [0.4, 0.5) is 5.69 Å². The molecular formula is C15H19ClN2O3. The highest BCUT2D eigenvalue weighted by molar-refractivity contribution is 6.33. The van der Waals surface area contributed by atoms with E-state index in [-0.39, 0.29) is 24.1 Å². The Morgan fingerprint density at radius 1 is 1.43 bits per heavy atom. The molecule has 1 amide bonds. The van der Waals surface area contributed by atoms with Crippen LogP contribution in [-0.4, -0.2) is 36.0 Å². The Balaban J connectivity index is 1.91. The van der Waals surface area contributed by atoms with E-state index in [2.05, 4.69) is 0 Å². The normalized spacial score (nSPS) is 18.4. The number of piperidine rings is 1. The van der Waals surface area contributed by atoms with Gasteiger partial charge < -0.3 is 15.4 Å². The standard InChI is InChI=1S/C15H19ClN2O3/c1-10-4-2-3-7-18(10)14(19)9-21-15(20)11-5-6-12(16)13(17)8-11/h5-6,8,10H,2-4,7,9,17H2,1H3/t10-/m0/s1. The van der Waals surface area contributed by atoms with Gasteiger partial charge in [-0.3, -0.25) is 4.79 Å². The molecule has 1 aliphatic rings. The zero-order valence-corrected chi connectivity index (χ0v) is 12.7. The number of esters is 1.